The van der Waals surface area contributed by atoms with Gasteiger partial charge in [0.25, 0.3) is 0 Å². The number of benzene rings is 1. The summed E-state index contributed by atoms with van der Waals surface area (Å²) in [5.74, 6) is 0.213. The first-order valence-electron chi connectivity index (χ1n) is 13.1. The molecular formula is C32H32FN7. The van der Waals surface area contributed by atoms with Gasteiger partial charge >= 0.3 is 0 Å². The molecule has 0 atom stereocenters. The molecule has 40 heavy (non-hydrogen) atoms. The van der Waals surface area contributed by atoms with Crippen molar-refractivity contribution in [2.24, 2.45) is 5.41 Å². The summed E-state index contributed by atoms with van der Waals surface area (Å²) in [4.78, 5) is 17.6. The number of rotatable bonds is 8. The van der Waals surface area contributed by atoms with Crippen molar-refractivity contribution in [3.05, 3.63) is 103 Å². The summed E-state index contributed by atoms with van der Waals surface area (Å²) in [5, 5.41) is 11.0. The number of H-pyrrole nitrogens is 2. The second-order valence-corrected chi connectivity index (χ2v) is 10.8. The molecule has 5 aromatic rings. The molecule has 0 bridgehead atoms. The number of hydrogen-bond acceptors (Lipinski definition) is 5. The number of nitrogens with zero attached hydrogens (tertiary/aromatic N) is 4. The summed E-state index contributed by atoms with van der Waals surface area (Å²) in [7, 11) is 0. The zero-order valence-corrected chi connectivity index (χ0v) is 23.1. The summed E-state index contributed by atoms with van der Waals surface area (Å²) in [6.45, 7) is 16.7. The Morgan fingerprint density at radius 3 is 2.58 bits per heavy atom. The first kappa shape index (κ1) is 26.7. The Kier molecular flexibility index (Phi) is 7.17. The van der Waals surface area contributed by atoms with Crippen LogP contribution in [-0.2, 0) is 0 Å². The van der Waals surface area contributed by atoms with E-state index >= 15 is 0 Å². The van der Waals surface area contributed by atoms with Crippen LogP contribution in [0.3, 0.4) is 0 Å². The average Bonchev–Trinajstić information content (AvgIpc) is 3.53. The molecule has 3 N–H and O–H groups in total. The smallest absolute Gasteiger partial charge is 0.161 e. The summed E-state index contributed by atoms with van der Waals surface area (Å²) in [5.41, 5.74) is 8.25. The first-order valence-corrected chi connectivity index (χ1v) is 13.1. The van der Waals surface area contributed by atoms with E-state index in [1.165, 1.54) is 12.1 Å². The van der Waals surface area contributed by atoms with Crippen LogP contribution in [-0.4, -0.2) is 30.1 Å². The SMILES string of the molecule is C=C/C(=C\C(=C/C)c1ccc2[nH]nc(-c3nc4c(-c5cccc(F)c5)nccc4[nH]3)c2n1)NC(=C)CC(C)(C)C. The number of aromatic nitrogens is 6. The van der Waals surface area contributed by atoms with E-state index in [2.05, 4.69) is 59.4 Å². The van der Waals surface area contributed by atoms with Crippen LogP contribution >= 0.6 is 0 Å². The molecular weight excluding hydrogens is 501 g/mol. The maximum absolute atomic E-state index is 13.9. The van der Waals surface area contributed by atoms with E-state index in [0.717, 1.165) is 40.1 Å². The minimum absolute atomic E-state index is 0.120. The standard InChI is InChI=1S/C32H32FN7/c1-7-20(17-23(8-2)35-19(3)18-32(4,5)6)24-12-13-26-29(36-24)30(40-39-26)31-37-25-14-15-34-27(28(25)38-31)21-10-9-11-22(33)16-21/h7-17,35H,2-3,18H2,1,4-6H3,(H,37,38)(H,39,40)/b20-7+,23-17+. The zero-order valence-electron chi connectivity index (χ0n) is 23.1. The third-order valence-electron chi connectivity index (χ3n) is 6.33. The lowest BCUT2D eigenvalue weighted by Crippen LogP contribution is -2.16. The summed E-state index contributed by atoms with van der Waals surface area (Å²) in [6, 6.07) is 12.1. The Labute approximate surface area is 232 Å². The Hall–Kier alpha value is -4.85. The number of imidazole rings is 1. The highest BCUT2D eigenvalue weighted by molar-refractivity contribution is 5.95. The highest BCUT2D eigenvalue weighted by Crippen LogP contribution is 2.31. The topological polar surface area (TPSA) is 95.2 Å². The molecule has 4 aromatic heterocycles. The minimum atomic E-state index is -0.329. The molecule has 8 heteroatoms. The number of halogens is 1. The van der Waals surface area contributed by atoms with Crippen molar-refractivity contribution in [1.29, 1.82) is 0 Å². The predicted molar refractivity (Wildman–Crippen MR) is 160 cm³/mol. The third-order valence-corrected chi connectivity index (χ3v) is 6.33. The molecule has 0 aliphatic heterocycles. The van der Waals surface area contributed by atoms with Gasteiger partial charge in [-0.05, 0) is 66.8 Å². The van der Waals surface area contributed by atoms with Gasteiger partial charge in [-0.15, -0.1) is 0 Å². The van der Waals surface area contributed by atoms with Gasteiger partial charge in [-0.1, -0.05) is 52.1 Å². The van der Waals surface area contributed by atoms with Gasteiger partial charge in [0, 0.05) is 23.2 Å². The fourth-order valence-electron chi connectivity index (χ4n) is 4.63. The molecule has 1 aromatic carbocycles. The Balaban J connectivity index is 1.52. The van der Waals surface area contributed by atoms with Crippen LogP contribution in [0.5, 0.6) is 0 Å². The molecule has 0 saturated carbocycles. The Bertz CT molecular complexity index is 1800. The number of hydrogen-bond donors (Lipinski definition) is 3. The van der Waals surface area contributed by atoms with Gasteiger partial charge in [0.2, 0.25) is 0 Å². The molecule has 0 radical (unpaired) electrons. The van der Waals surface area contributed by atoms with Gasteiger partial charge < -0.3 is 10.3 Å². The fraction of sp³-hybridized carbons (Fsp3) is 0.188. The molecule has 0 amide bonds. The van der Waals surface area contributed by atoms with Crippen LogP contribution in [0.25, 0.3) is 50.4 Å². The van der Waals surface area contributed by atoms with E-state index in [-0.39, 0.29) is 11.2 Å². The van der Waals surface area contributed by atoms with Crippen LogP contribution < -0.4 is 5.32 Å². The number of allylic oxidation sites excluding steroid dienone is 5. The van der Waals surface area contributed by atoms with Crippen molar-refractivity contribution in [3.8, 4) is 22.8 Å². The van der Waals surface area contributed by atoms with Crippen molar-refractivity contribution >= 4 is 27.6 Å². The van der Waals surface area contributed by atoms with Crippen molar-refractivity contribution in [1.82, 2.24) is 35.5 Å². The van der Waals surface area contributed by atoms with Crippen LogP contribution in [0, 0.1) is 11.2 Å². The van der Waals surface area contributed by atoms with Gasteiger partial charge in [0.05, 0.1) is 22.4 Å². The maximum atomic E-state index is 13.9. The van der Waals surface area contributed by atoms with Crippen LogP contribution in [0.15, 0.2) is 91.4 Å². The van der Waals surface area contributed by atoms with Gasteiger partial charge in [0.1, 0.15) is 16.9 Å². The highest BCUT2D eigenvalue weighted by Gasteiger charge is 2.18. The summed E-state index contributed by atoms with van der Waals surface area (Å²) < 4.78 is 13.9. The second kappa shape index (κ2) is 10.7. The molecule has 4 heterocycles. The lowest BCUT2D eigenvalue weighted by atomic mass is 9.91. The molecule has 202 valence electrons. The maximum Gasteiger partial charge on any atom is 0.161 e. The molecule has 0 spiro atoms. The van der Waals surface area contributed by atoms with Crippen LogP contribution in [0.1, 0.15) is 39.8 Å². The Morgan fingerprint density at radius 1 is 1.05 bits per heavy atom. The summed E-state index contributed by atoms with van der Waals surface area (Å²) >= 11 is 0. The van der Waals surface area contributed by atoms with E-state index in [1.807, 2.05) is 43.3 Å². The average molecular weight is 534 g/mol. The van der Waals surface area contributed by atoms with Gasteiger partial charge in [-0.2, -0.15) is 5.10 Å². The first-order chi connectivity index (χ1) is 19.1. The molecule has 7 nitrogen and oxygen atoms in total. The number of pyridine rings is 2. The molecule has 5 rings (SSSR count). The number of aromatic amines is 2. The van der Waals surface area contributed by atoms with Gasteiger partial charge in [-0.3, -0.25) is 10.1 Å². The van der Waals surface area contributed by atoms with Crippen molar-refractivity contribution < 1.29 is 4.39 Å². The van der Waals surface area contributed by atoms with E-state index < -0.39 is 0 Å². The van der Waals surface area contributed by atoms with Crippen molar-refractivity contribution in [2.45, 2.75) is 34.1 Å². The van der Waals surface area contributed by atoms with Gasteiger partial charge in [0.15, 0.2) is 11.5 Å². The lowest BCUT2D eigenvalue weighted by molar-refractivity contribution is 0.403. The van der Waals surface area contributed by atoms with Gasteiger partial charge in [-0.25, -0.2) is 14.4 Å². The monoisotopic (exact) mass is 533 g/mol. The fourth-order valence-corrected chi connectivity index (χ4v) is 4.63. The third kappa shape index (κ3) is 5.61. The minimum Gasteiger partial charge on any atom is -0.359 e. The second-order valence-electron chi connectivity index (χ2n) is 10.8. The number of nitrogens with one attached hydrogen (secondary N) is 3. The Morgan fingerprint density at radius 2 is 1.85 bits per heavy atom. The van der Waals surface area contributed by atoms with Crippen LogP contribution in [0.4, 0.5) is 4.39 Å². The summed E-state index contributed by atoms with van der Waals surface area (Å²) in [6.07, 6.45) is 8.30. The van der Waals surface area contributed by atoms with Crippen LogP contribution in [0.2, 0.25) is 0 Å². The molecule has 0 saturated heterocycles. The predicted octanol–water partition coefficient (Wildman–Crippen LogP) is 7.72. The van der Waals surface area contributed by atoms with E-state index in [0.29, 0.717) is 33.8 Å². The van der Waals surface area contributed by atoms with Crippen molar-refractivity contribution in [2.75, 3.05) is 0 Å². The molecule has 0 aliphatic carbocycles. The van der Waals surface area contributed by atoms with Crippen molar-refractivity contribution in [3.63, 3.8) is 0 Å². The molecule has 0 aliphatic rings. The largest absolute Gasteiger partial charge is 0.359 e. The molecule has 0 unspecified atom stereocenters. The number of fused-ring (bicyclic) bond motifs is 2. The lowest BCUT2D eigenvalue weighted by Gasteiger charge is -2.21. The highest BCUT2D eigenvalue weighted by atomic mass is 19.1. The normalized spacial score (nSPS) is 12.7. The molecule has 0 fully saturated rings. The quantitative estimate of drug-likeness (QED) is 0.178. The van der Waals surface area contributed by atoms with E-state index in [1.54, 1.807) is 18.3 Å². The van der Waals surface area contributed by atoms with E-state index in [4.69, 9.17) is 9.97 Å². The zero-order chi connectivity index (χ0) is 28.4. The van der Waals surface area contributed by atoms with E-state index in [9.17, 15) is 4.39 Å².